The molecule has 0 aromatic heterocycles. The van der Waals surface area contributed by atoms with Crippen molar-refractivity contribution < 1.29 is 9.59 Å². The molecule has 2 nitrogen and oxygen atoms in total. The number of hydrogen-bond acceptors (Lipinski definition) is 2. The number of benzene rings is 1. The molecule has 0 unspecified atom stereocenters. The Hall–Kier alpha value is -1.70. The molecule has 0 saturated carbocycles. The van der Waals surface area contributed by atoms with Crippen LogP contribution in [0.1, 0.15) is 40.1 Å². The third-order valence-corrected chi connectivity index (χ3v) is 2.09. The van der Waals surface area contributed by atoms with E-state index in [2.05, 4.69) is 0 Å². The van der Waals surface area contributed by atoms with Crippen LogP contribution in [0.15, 0.2) is 30.4 Å². The molecule has 0 N–H and O–H groups in total. The van der Waals surface area contributed by atoms with Gasteiger partial charge in [-0.25, -0.2) is 0 Å². The summed E-state index contributed by atoms with van der Waals surface area (Å²) in [6.07, 6.45) is 2.64. The minimum absolute atomic E-state index is 0.0849. The lowest BCUT2D eigenvalue weighted by Crippen LogP contribution is -2.11. The molecule has 1 aromatic rings. The van der Waals surface area contributed by atoms with E-state index in [9.17, 15) is 9.59 Å². The van der Waals surface area contributed by atoms with Gasteiger partial charge in [-0.15, -0.1) is 0 Å². The van der Waals surface area contributed by atoms with Gasteiger partial charge in [-0.1, -0.05) is 31.5 Å². The van der Waals surface area contributed by atoms with E-state index in [1.165, 1.54) is 12.2 Å². The van der Waals surface area contributed by atoms with Crippen molar-refractivity contribution in [3.8, 4) is 0 Å². The van der Waals surface area contributed by atoms with Crippen LogP contribution < -0.4 is 0 Å². The Labute approximate surface area is 89.6 Å². The van der Waals surface area contributed by atoms with Gasteiger partial charge in [0.2, 0.25) is 0 Å². The van der Waals surface area contributed by atoms with Gasteiger partial charge < -0.3 is 0 Å². The van der Waals surface area contributed by atoms with Crippen molar-refractivity contribution in [2.24, 2.45) is 0 Å². The predicted octanol–water partition coefficient (Wildman–Crippen LogP) is 2.96. The van der Waals surface area contributed by atoms with Gasteiger partial charge in [0.25, 0.3) is 0 Å². The fourth-order valence-corrected chi connectivity index (χ4v) is 1.41. The fraction of sp³-hybridized carbons (Fsp3) is 0.231. The van der Waals surface area contributed by atoms with E-state index in [0.717, 1.165) is 5.56 Å². The number of rotatable bonds is 0. The minimum Gasteiger partial charge on any atom is -0.289 e. The molecular formula is C13H14O2. The molecular weight excluding hydrogens is 188 g/mol. The van der Waals surface area contributed by atoms with Crippen LogP contribution in [0.4, 0.5) is 0 Å². The SMILES string of the molecule is CC.Cc1ccc2c(c1)C(=O)C=CC2=O. The van der Waals surface area contributed by atoms with Crippen LogP contribution in [-0.2, 0) is 0 Å². The second-order valence-corrected chi connectivity index (χ2v) is 3.11. The maximum atomic E-state index is 11.3. The molecule has 0 radical (unpaired) electrons. The summed E-state index contributed by atoms with van der Waals surface area (Å²) >= 11 is 0. The third kappa shape index (κ3) is 2.21. The Balaban J connectivity index is 0.000000531. The Morgan fingerprint density at radius 3 is 2.00 bits per heavy atom. The highest BCUT2D eigenvalue weighted by Crippen LogP contribution is 2.17. The monoisotopic (exact) mass is 202 g/mol. The van der Waals surface area contributed by atoms with E-state index in [1.54, 1.807) is 12.1 Å². The summed E-state index contributed by atoms with van der Waals surface area (Å²) in [5.41, 5.74) is 2.03. The van der Waals surface area contributed by atoms with Crippen LogP contribution in [0.3, 0.4) is 0 Å². The van der Waals surface area contributed by atoms with Gasteiger partial charge in [-0.05, 0) is 25.1 Å². The maximum Gasteiger partial charge on any atom is 0.186 e. The van der Waals surface area contributed by atoms with Crippen molar-refractivity contribution >= 4 is 11.6 Å². The lowest BCUT2D eigenvalue weighted by molar-refractivity contribution is 0.0994. The van der Waals surface area contributed by atoms with Gasteiger partial charge in [0.05, 0.1) is 0 Å². The first-order valence-corrected chi connectivity index (χ1v) is 5.06. The van der Waals surface area contributed by atoms with Crippen molar-refractivity contribution in [1.82, 2.24) is 0 Å². The largest absolute Gasteiger partial charge is 0.289 e. The fourth-order valence-electron chi connectivity index (χ4n) is 1.41. The highest BCUT2D eigenvalue weighted by Gasteiger charge is 2.17. The van der Waals surface area contributed by atoms with E-state index in [-0.39, 0.29) is 11.6 Å². The molecule has 15 heavy (non-hydrogen) atoms. The van der Waals surface area contributed by atoms with Gasteiger partial charge in [0, 0.05) is 11.1 Å². The minimum atomic E-state index is -0.0883. The molecule has 1 aromatic carbocycles. The first-order valence-electron chi connectivity index (χ1n) is 5.06. The number of ketones is 2. The average molecular weight is 202 g/mol. The summed E-state index contributed by atoms with van der Waals surface area (Å²) in [6, 6.07) is 5.29. The quantitative estimate of drug-likeness (QED) is 0.648. The normalized spacial score (nSPS) is 13.0. The van der Waals surface area contributed by atoms with Crippen LogP contribution in [0.25, 0.3) is 0 Å². The zero-order chi connectivity index (χ0) is 11.4. The molecule has 2 heteroatoms. The molecule has 0 bridgehead atoms. The predicted molar refractivity (Wildman–Crippen MR) is 60.3 cm³/mol. The maximum absolute atomic E-state index is 11.3. The summed E-state index contributed by atoms with van der Waals surface area (Å²) < 4.78 is 0. The smallest absolute Gasteiger partial charge is 0.186 e. The third-order valence-electron chi connectivity index (χ3n) is 2.09. The second-order valence-electron chi connectivity index (χ2n) is 3.11. The number of carbonyl (C=O) groups is 2. The van der Waals surface area contributed by atoms with Gasteiger partial charge >= 0.3 is 0 Å². The van der Waals surface area contributed by atoms with Gasteiger partial charge in [0.1, 0.15) is 0 Å². The van der Waals surface area contributed by atoms with Crippen LogP contribution in [0, 0.1) is 6.92 Å². The van der Waals surface area contributed by atoms with Crippen LogP contribution in [0.5, 0.6) is 0 Å². The first kappa shape index (κ1) is 11.4. The molecule has 0 saturated heterocycles. The van der Waals surface area contributed by atoms with Crippen molar-refractivity contribution in [3.63, 3.8) is 0 Å². The zero-order valence-corrected chi connectivity index (χ0v) is 9.20. The molecule has 0 amide bonds. The standard InChI is InChI=1S/C11H8O2.C2H6/c1-7-2-3-8-9(6-7)11(13)5-4-10(8)12;1-2/h2-6H,1H3;1-2H3. The van der Waals surface area contributed by atoms with Gasteiger partial charge in [-0.3, -0.25) is 9.59 Å². The van der Waals surface area contributed by atoms with E-state index in [4.69, 9.17) is 0 Å². The summed E-state index contributed by atoms with van der Waals surface area (Å²) in [6.45, 7) is 5.90. The van der Waals surface area contributed by atoms with Crippen molar-refractivity contribution in [3.05, 3.63) is 47.0 Å². The van der Waals surface area contributed by atoms with Crippen molar-refractivity contribution in [1.29, 1.82) is 0 Å². The number of hydrogen-bond donors (Lipinski definition) is 0. The van der Waals surface area contributed by atoms with E-state index < -0.39 is 0 Å². The van der Waals surface area contributed by atoms with Crippen molar-refractivity contribution in [2.75, 3.05) is 0 Å². The van der Waals surface area contributed by atoms with E-state index in [0.29, 0.717) is 11.1 Å². The Morgan fingerprint density at radius 1 is 0.867 bits per heavy atom. The van der Waals surface area contributed by atoms with Crippen LogP contribution in [-0.4, -0.2) is 11.6 Å². The highest BCUT2D eigenvalue weighted by molar-refractivity contribution is 6.22. The lowest BCUT2D eigenvalue weighted by atomic mass is 9.93. The molecule has 78 valence electrons. The zero-order valence-electron chi connectivity index (χ0n) is 9.20. The Bertz CT molecular complexity index is 428. The summed E-state index contributed by atoms with van der Waals surface area (Å²) in [5.74, 6) is -0.173. The molecule has 0 atom stereocenters. The average Bonchev–Trinajstić information content (AvgIpc) is 2.27. The Morgan fingerprint density at radius 2 is 1.40 bits per heavy atom. The molecule has 0 spiro atoms. The summed E-state index contributed by atoms with van der Waals surface area (Å²) in [5, 5.41) is 0. The topological polar surface area (TPSA) is 34.1 Å². The lowest BCUT2D eigenvalue weighted by Gasteiger charge is -2.08. The summed E-state index contributed by atoms with van der Waals surface area (Å²) in [4.78, 5) is 22.6. The molecule has 0 heterocycles. The molecule has 0 aliphatic heterocycles. The van der Waals surface area contributed by atoms with Crippen molar-refractivity contribution in [2.45, 2.75) is 20.8 Å². The Kier molecular flexibility index (Phi) is 3.56. The number of aryl methyl sites for hydroxylation is 1. The molecule has 0 fully saturated rings. The van der Waals surface area contributed by atoms with Crippen LogP contribution in [0.2, 0.25) is 0 Å². The molecule has 2 rings (SSSR count). The molecule has 1 aliphatic rings. The molecule has 1 aliphatic carbocycles. The van der Waals surface area contributed by atoms with Crippen LogP contribution >= 0.6 is 0 Å². The second kappa shape index (κ2) is 4.69. The number of carbonyl (C=O) groups excluding carboxylic acids is 2. The van der Waals surface area contributed by atoms with Gasteiger partial charge in [0.15, 0.2) is 11.6 Å². The summed E-state index contributed by atoms with van der Waals surface area (Å²) in [7, 11) is 0. The van der Waals surface area contributed by atoms with Gasteiger partial charge in [-0.2, -0.15) is 0 Å². The number of fused-ring (bicyclic) bond motifs is 1. The van der Waals surface area contributed by atoms with E-state index >= 15 is 0 Å². The number of allylic oxidation sites excluding steroid dienone is 2. The first-order chi connectivity index (χ1) is 7.18. The van der Waals surface area contributed by atoms with E-state index in [1.807, 2.05) is 26.8 Å². The highest BCUT2D eigenvalue weighted by atomic mass is 16.1.